The van der Waals surface area contributed by atoms with Gasteiger partial charge in [0.25, 0.3) is 5.92 Å². The van der Waals surface area contributed by atoms with Gasteiger partial charge in [0.05, 0.1) is 6.57 Å². The first-order chi connectivity index (χ1) is 5.54. The van der Waals surface area contributed by atoms with Crippen molar-refractivity contribution in [1.82, 2.24) is 0 Å². The van der Waals surface area contributed by atoms with Gasteiger partial charge in [-0.1, -0.05) is 18.2 Å². The smallest absolute Gasteiger partial charge is 0.238 e. The van der Waals surface area contributed by atoms with E-state index >= 15 is 0 Å². The Hall–Kier alpha value is -1.43. The summed E-state index contributed by atoms with van der Waals surface area (Å²) in [6, 6.07) is 5.48. The van der Waals surface area contributed by atoms with E-state index < -0.39 is 5.92 Å². The molecule has 0 saturated heterocycles. The molecule has 0 amide bonds. The van der Waals surface area contributed by atoms with Crippen LogP contribution < -0.4 is 0 Å². The Labute approximate surface area is 69.5 Å². The van der Waals surface area contributed by atoms with Crippen molar-refractivity contribution in [3.8, 4) is 0 Å². The molecule has 1 nitrogen and oxygen atoms in total. The zero-order valence-electron chi connectivity index (χ0n) is 6.51. The van der Waals surface area contributed by atoms with Crippen LogP contribution in [0, 0.1) is 6.57 Å². The monoisotopic (exact) mass is 167 g/mol. The molecule has 1 aromatic rings. The van der Waals surface area contributed by atoms with Crippen LogP contribution in [0.3, 0.4) is 0 Å². The third-order valence-electron chi connectivity index (χ3n) is 1.48. The molecule has 0 saturated carbocycles. The average Bonchev–Trinajstić information content (AvgIpc) is 2.03. The van der Waals surface area contributed by atoms with Gasteiger partial charge in [-0.3, -0.25) is 0 Å². The Kier molecular flexibility index (Phi) is 2.09. The molecule has 1 aromatic carbocycles. The molecular weight excluding hydrogens is 160 g/mol. The lowest BCUT2D eigenvalue weighted by atomic mass is 10.1. The molecular formula is C9H7F2N. The summed E-state index contributed by atoms with van der Waals surface area (Å²) in [4.78, 5) is 3.06. The van der Waals surface area contributed by atoms with Crippen LogP contribution in [0.25, 0.3) is 4.85 Å². The quantitative estimate of drug-likeness (QED) is 0.565. The van der Waals surface area contributed by atoms with Crippen LogP contribution in [0.2, 0.25) is 0 Å². The number of hydrogen-bond donors (Lipinski definition) is 0. The number of rotatable bonds is 1. The molecule has 0 spiro atoms. The molecule has 0 fully saturated rings. The lowest BCUT2D eigenvalue weighted by Crippen LogP contribution is -2.05. The molecule has 0 atom stereocenters. The predicted molar refractivity (Wildman–Crippen MR) is 42.3 cm³/mol. The van der Waals surface area contributed by atoms with E-state index in [4.69, 9.17) is 6.57 Å². The summed E-state index contributed by atoms with van der Waals surface area (Å²) in [5, 5.41) is 0. The summed E-state index contributed by atoms with van der Waals surface area (Å²) < 4.78 is 25.3. The Bertz CT molecular complexity index is 320. The maximum Gasteiger partial charge on any atom is 0.269 e. The molecule has 0 aliphatic heterocycles. The summed E-state index contributed by atoms with van der Waals surface area (Å²) in [5.41, 5.74) is 0.130. The molecule has 0 aliphatic carbocycles. The van der Waals surface area contributed by atoms with E-state index in [0.29, 0.717) is 0 Å². The van der Waals surface area contributed by atoms with Crippen LogP contribution in [0.15, 0.2) is 24.3 Å². The molecule has 0 unspecified atom stereocenters. The lowest BCUT2D eigenvalue weighted by molar-refractivity contribution is 0.0175. The van der Waals surface area contributed by atoms with Crippen molar-refractivity contribution in [2.45, 2.75) is 12.8 Å². The number of benzene rings is 1. The highest BCUT2D eigenvalue weighted by Crippen LogP contribution is 2.29. The molecule has 0 aromatic heterocycles. The van der Waals surface area contributed by atoms with Gasteiger partial charge in [-0.2, -0.15) is 0 Å². The van der Waals surface area contributed by atoms with Crippen LogP contribution in [0.5, 0.6) is 0 Å². The maximum atomic E-state index is 12.7. The van der Waals surface area contributed by atoms with Crippen molar-refractivity contribution in [2.75, 3.05) is 0 Å². The van der Waals surface area contributed by atoms with Crippen LogP contribution in [0.1, 0.15) is 12.5 Å². The highest BCUT2D eigenvalue weighted by molar-refractivity contribution is 5.47. The number of nitrogens with zero attached hydrogens (tertiary/aromatic N) is 1. The molecule has 0 bridgehead atoms. The van der Waals surface area contributed by atoms with Crippen LogP contribution in [-0.4, -0.2) is 0 Å². The molecule has 3 heteroatoms. The van der Waals surface area contributed by atoms with Crippen molar-refractivity contribution in [2.24, 2.45) is 0 Å². The Balaban J connectivity index is 3.13. The van der Waals surface area contributed by atoms with Crippen molar-refractivity contribution >= 4 is 5.69 Å². The third kappa shape index (κ3) is 1.79. The van der Waals surface area contributed by atoms with Gasteiger partial charge in [0, 0.05) is 12.5 Å². The van der Waals surface area contributed by atoms with E-state index in [1.807, 2.05) is 0 Å². The van der Waals surface area contributed by atoms with Gasteiger partial charge < -0.3 is 0 Å². The second kappa shape index (κ2) is 2.90. The molecule has 1 rings (SSSR count). The molecule has 0 aliphatic rings. The van der Waals surface area contributed by atoms with E-state index in [1.54, 1.807) is 0 Å². The lowest BCUT2D eigenvalue weighted by Gasteiger charge is -2.09. The zero-order valence-corrected chi connectivity index (χ0v) is 6.51. The van der Waals surface area contributed by atoms with Gasteiger partial charge in [-0.05, 0) is 6.07 Å². The van der Waals surface area contributed by atoms with Crippen molar-refractivity contribution < 1.29 is 8.78 Å². The highest BCUT2D eigenvalue weighted by Gasteiger charge is 2.23. The summed E-state index contributed by atoms with van der Waals surface area (Å²) in [6.45, 7) is 7.44. The second-order valence-electron chi connectivity index (χ2n) is 2.55. The predicted octanol–water partition coefficient (Wildman–Crippen LogP) is 3.35. The van der Waals surface area contributed by atoms with Crippen LogP contribution in [-0.2, 0) is 5.92 Å². The zero-order chi connectivity index (χ0) is 9.19. The van der Waals surface area contributed by atoms with Gasteiger partial charge in [0.2, 0.25) is 0 Å². The number of halogens is 2. The second-order valence-corrected chi connectivity index (χ2v) is 2.55. The number of hydrogen-bond acceptors (Lipinski definition) is 0. The topological polar surface area (TPSA) is 4.36 Å². The molecule has 0 heterocycles. The fourth-order valence-corrected chi connectivity index (χ4v) is 0.849. The minimum atomic E-state index is -2.86. The summed E-state index contributed by atoms with van der Waals surface area (Å²) in [5.74, 6) is -2.86. The SMILES string of the molecule is [C-]#[N+]c1cccc(C(C)(F)F)c1. The summed E-state index contributed by atoms with van der Waals surface area (Å²) >= 11 is 0. The first-order valence-electron chi connectivity index (χ1n) is 3.40. The molecule has 12 heavy (non-hydrogen) atoms. The summed E-state index contributed by atoms with van der Waals surface area (Å²) in [7, 11) is 0. The van der Waals surface area contributed by atoms with E-state index in [9.17, 15) is 8.78 Å². The molecule has 0 N–H and O–H groups in total. The van der Waals surface area contributed by atoms with Gasteiger partial charge in [0.1, 0.15) is 0 Å². The Morgan fingerprint density at radius 2 is 2.08 bits per heavy atom. The van der Waals surface area contributed by atoms with E-state index in [2.05, 4.69) is 4.85 Å². The Morgan fingerprint density at radius 1 is 1.42 bits per heavy atom. The van der Waals surface area contributed by atoms with Gasteiger partial charge >= 0.3 is 0 Å². The Morgan fingerprint density at radius 3 is 2.58 bits per heavy atom. The van der Waals surface area contributed by atoms with Crippen LogP contribution >= 0.6 is 0 Å². The van der Waals surface area contributed by atoms with E-state index in [0.717, 1.165) is 6.92 Å². The molecule has 62 valence electrons. The fourth-order valence-electron chi connectivity index (χ4n) is 0.849. The largest absolute Gasteiger partial charge is 0.269 e. The minimum Gasteiger partial charge on any atom is -0.238 e. The third-order valence-corrected chi connectivity index (χ3v) is 1.48. The van der Waals surface area contributed by atoms with Crippen molar-refractivity contribution in [3.05, 3.63) is 41.2 Å². The first-order valence-corrected chi connectivity index (χ1v) is 3.40. The molecule has 0 radical (unpaired) electrons. The minimum absolute atomic E-state index is 0.115. The van der Waals surface area contributed by atoms with E-state index in [-0.39, 0.29) is 11.3 Å². The van der Waals surface area contributed by atoms with Gasteiger partial charge in [0.15, 0.2) is 5.69 Å². The van der Waals surface area contributed by atoms with Crippen LogP contribution in [0.4, 0.5) is 14.5 Å². The first kappa shape index (κ1) is 8.66. The van der Waals surface area contributed by atoms with Gasteiger partial charge in [-0.15, -0.1) is 0 Å². The highest BCUT2D eigenvalue weighted by atomic mass is 19.3. The van der Waals surface area contributed by atoms with Crippen molar-refractivity contribution in [1.29, 1.82) is 0 Å². The standard InChI is InChI=1S/C9H7F2N/c1-9(10,11)7-4-3-5-8(6-7)12-2/h3-6H,1H3. The maximum absolute atomic E-state index is 12.7. The number of alkyl halides is 2. The average molecular weight is 167 g/mol. The van der Waals surface area contributed by atoms with Crippen molar-refractivity contribution in [3.63, 3.8) is 0 Å². The fraction of sp³-hybridized carbons (Fsp3) is 0.222. The van der Waals surface area contributed by atoms with Gasteiger partial charge in [-0.25, -0.2) is 13.6 Å². The van der Waals surface area contributed by atoms with E-state index in [1.165, 1.54) is 24.3 Å². The normalized spacial score (nSPS) is 10.8. The summed E-state index contributed by atoms with van der Waals surface area (Å²) in [6.07, 6.45) is 0.